The SMILES string of the molecule is O=C(CSCc1nnnn1C1CC1)Nc1cccc(C(=O)NC2CC2)c1. The van der Waals surface area contributed by atoms with Crippen molar-refractivity contribution in [3.05, 3.63) is 35.7 Å². The zero-order chi connectivity index (χ0) is 17.9. The standard InChI is InChI=1S/C17H20N6O2S/c24-16(10-26-9-15-20-21-22-23(15)14-6-7-14)18-13-3-1-2-11(8-13)17(25)19-12-4-5-12/h1-3,8,12,14H,4-7,9-10H2,(H,18,24)(H,19,25). The molecule has 0 unspecified atom stereocenters. The number of rotatable bonds is 8. The normalized spacial score (nSPS) is 16.3. The number of benzene rings is 1. The number of nitrogens with one attached hydrogen (secondary N) is 2. The van der Waals surface area contributed by atoms with Crippen LogP contribution in [0.5, 0.6) is 0 Å². The number of thioether (sulfide) groups is 1. The molecule has 1 aromatic heterocycles. The number of anilines is 1. The topological polar surface area (TPSA) is 102 Å². The van der Waals surface area contributed by atoms with Crippen LogP contribution < -0.4 is 10.6 Å². The number of carbonyl (C=O) groups is 2. The number of amides is 2. The van der Waals surface area contributed by atoms with E-state index in [-0.39, 0.29) is 11.8 Å². The molecule has 0 bridgehead atoms. The molecule has 0 saturated heterocycles. The molecule has 2 amide bonds. The third kappa shape index (κ3) is 4.40. The van der Waals surface area contributed by atoms with Crippen LogP contribution >= 0.6 is 11.8 Å². The van der Waals surface area contributed by atoms with E-state index in [1.807, 2.05) is 4.68 Å². The number of tetrazole rings is 1. The number of carbonyl (C=O) groups excluding carboxylic acids is 2. The summed E-state index contributed by atoms with van der Waals surface area (Å²) in [6.45, 7) is 0. The minimum absolute atomic E-state index is 0.0927. The van der Waals surface area contributed by atoms with Crippen LogP contribution in [-0.4, -0.2) is 43.8 Å². The Morgan fingerprint density at radius 1 is 1.23 bits per heavy atom. The van der Waals surface area contributed by atoms with E-state index in [2.05, 4.69) is 26.2 Å². The van der Waals surface area contributed by atoms with E-state index in [0.29, 0.717) is 34.8 Å². The molecule has 0 atom stereocenters. The van der Waals surface area contributed by atoms with E-state index in [4.69, 9.17) is 0 Å². The second-order valence-corrected chi connectivity index (χ2v) is 7.63. The number of hydrogen-bond acceptors (Lipinski definition) is 6. The maximum atomic E-state index is 12.2. The smallest absolute Gasteiger partial charge is 0.251 e. The number of hydrogen-bond donors (Lipinski definition) is 2. The first-order valence-corrected chi connectivity index (χ1v) is 9.90. The quantitative estimate of drug-likeness (QED) is 0.732. The van der Waals surface area contributed by atoms with E-state index in [1.54, 1.807) is 24.3 Å². The third-order valence-corrected chi connectivity index (χ3v) is 5.17. The summed E-state index contributed by atoms with van der Waals surface area (Å²) in [5, 5.41) is 17.5. The van der Waals surface area contributed by atoms with Crippen LogP contribution in [0.2, 0.25) is 0 Å². The van der Waals surface area contributed by atoms with Gasteiger partial charge in [-0.3, -0.25) is 9.59 Å². The van der Waals surface area contributed by atoms with Crippen molar-refractivity contribution in [2.75, 3.05) is 11.1 Å². The maximum absolute atomic E-state index is 12.2. The first-order chi connectivity index (χ1) is 12.7. The molecular weight excluding hydrogens is 352 g/mol. The molecule has 0 spiro atoms. The first kappa shape index (κ1) is 17.0. The third-order valence-electron chi connectivity index (χ3n) is 4.24. The summed E-state index contributed by atoms with van der Waals surface area (Å²) in [5.74, 6) is 1.51. The largest absolute Gasteiger partial charge is 0.349 e. The van der Waals surface area contributed by atoms with Crippen LogP contribution in [0.1, 0.15) is 47.9 Å². The molecule has 4 rings (SSSR count). The molecule has 8 nitrogen and oxygen atoms in total. The lowest BCUT2D eigenvalue weighted by molar-refractivity contribution is -0.113. The monoisotopic (exact) mass is 372 g/mol. The molecule has 2 fully saturated rings. The predicted octanol–water partition coefficient (Wildman–Crippen LogP) is 1.77. The van der Waals surface area contributed by atoms with Crippen molar-refractivity contribution in [3.63, 3.8) is 0 Å². The van der Waals surface area contributed by atoms with Gasteiger partial charge < -0.3 is 10.6 Å². The lowest BCUT2D eigenvalue weighted by Gasteiger charge is -2.08. The van der Waals surface area contributed by atoms with E-state index in [1.165, 1.54) is 11.8 Å². The van der Waals surface area contributed by atoms with Crippen molar-refractivity contribution in [1.29, 1.82) is 0 Å². The minimum Gasteiger partial charge on any atom is -0.349 e. The Morgan fingerprint density at radius 3 is 2.85 bits per heavy atom. The Hall–Kier alpha value is -2.42. The molecule has 9 heteroatoms. The first-order valence-electron chi connectivity index (χ1n) is 8.74. The van der Waals surface area contributed by atoms with Gasteiger partial charge in [-0.05, 0) is 54.3 Å². The van der Waals surface area contributed by atoms with Crippen LogP contribution in [0.25, 0.3) is 0 Å². The fourth-order valence-corrected chi connectivity index (χ4v) is 3.31. The van der Waals surface area contributed by atoms with Gasteiger partial charge in [0.2, 0.25) is 5.91 Å². The van der Waals surface area contributed by atoms with Gasteiger partial charge >= 0.3 is 0 Å². The Labute approximate surface area is 155 Å². The zero-order valence-corrected chi connectivity index (χ0v) is 15.0. The van der Waals surface area contributed by atoms with Crippen molar-refractivity contribution < 1.29 is 9.59 Å². The van der Waals surface area contributed by atoms with Gasteiger partial charge in [-0.25, -0.2) is 4.68 Å². The van der Waals surface area contributed by atoms with Crippen molar-refractivity contribution in [2.45, 2.75) is 43.5 Å². The molecule has 2 aromatic rings. The lowest BCUT2D eigenvalue weighted by Crippen LogP contribution is -2.25. The van der Waals surface area contributed by atoms with Gasteiger partial charge in [0.05, 0.1) is 17.5 Å². The Bertz CT molecular complexity index is 815. The van der Waals surface area contributed by atoms with E-state index >= 15 is 0 Å². The summed E-state index contributed by atoms with van der Waals surface area (Å²) in [6, 6.07) is 7.75. The Kier molecular flexibility index (Phi) is 4.87. The molecule has 0 aliphatic heterocycles. The molecule has 2 N–H and O–H groups in total. The molecule has 2 aliphatic rings. The van der Waals surface area contributed by atoms with Gasteiger partial charge in [0.1, 0.15) is 0 Å². The van der Waals surface area contributed by atoms with E-state index in [0.717, 1.165) is 31.5 Å². The second kappa shape index (κ2) is 7.45. The van der Waals surface area contributed by atoms with Gasteiger partial charge in [-0.2, -0.15) is 0 Å². The predicted molar refractivity (Wildman–Crippen MR) is 97.8 cm³/mol. The fourth-order valence-electron chi connectivity index (χ4n) is 2.58. The molecule has 136 valence electrons. The molecular formula is C17H20N6O2S. The molecule has 2 aliphatic carbocycles. The minimum atomic E-state index is -0.111. The van der Waals surface area contributed by atoms with Crippen LogP contribution in [-0.2, 0) is 10.5 Å². The average molecular weight is 372 g/mol. The summed E-state index contributed by atoms with van der Waals surface area (Å²) >= 11 is 1.47. The van der Waals surface area contributed by atoms with Gasteiger partial charge in [-0.15, -0.1) is 16.9 Å². The highest BCUT2D eigenvalue weighted by Gasteiger charge is 2.27. The second-order valence-electron chi connectivity index (χ2n) is 6.64. The number of aromatic nitrogens is 4. The van der Waals surface area contributed by atoms with Crippen LogP contribution in [0.4, 0.5) is 5.69 Å². The zero-order valence-electron chi connectivity index (χ0n) is 14.2. The number of nitrogens with zero attached hydrogens (tertiary/aromatic N) is 4. The Morgan fingerprint density at radius 2 is 2.08 bits per heavy atom. The van der Waals surface area contributed by atoms with Crippen molar-refractivity contribution in [1.82, 2.24) is 25.5 Å². The van der Waals surface area contributed by atoms with Crippen LogP contribution in [0.15, 0.2) is 24.3 Å². The van der Waals surface area contributed by atoms with Gasteiger partial charge in [-0.1, -0.05) is 6.07 Å². The van der Waals surface area contributed by atoms with Gasteiger partial charge in [0.25, 0.3) is 5.91 Å². The molecule has 1 aromatic carbocycles. The van der Waals surface area contributed by atoms with Gasteiger partial charge in [0.15, 0.2) is 5.82 Å². The van der Waals surface area contributed by atoms with Gasteiger partial charge in [0, 0.05) is 17.3 Å². The van der Waals surface area contributed by atoms with Crippen molar-refractivity contribution in [2.24, 2.45) is 0 Å². The highest BCUT2D eigenvalue weighted by Crippen LogP contribution is 2.34. The van der Waals surface area contributed by atoms with E-state index in [9.17, 15) is 9.59 Å². The van der Waals surface area contributed by atoms with Crippen molar-refractivity contribution in [3.8, 4) is 0 Å². The highest BCUT2D eigenvalue weighted by atomic mass is 32.2. The lowest BCUT2D eigenvalue weighted by atomic mass is 10.2. The van der Waals surface area contributed by atoms with Crippen LogP contribution in [0, 0.1) is 0 Å². The molecule has 2 saturated carbocycles. The molecule has 26 heavy (non-hydrogen) atoms. The van der Waals surface area contributed by atoms with Crippen molar-refractivity contribution >= 4 is 29.3 Å². The molecule has 1 heterocycles. The average Bonchev–Trinajstić information content (AvgIpc) is 3.56. The summed E-state index contributed by atoms with van der Waals surface area (Å²) in [4.78, 5) is 24.2. The maximum Gasteiger partial charge on any atom is 0.251 e. The summed E-state index contributed by atoms with van der Waals surface area (Å²) in [5.41, 5.74) is 1.19. The summed E-state index contributed by atoms with van der Waals surface area (Å²) in [6.07, 6.45) is 4.33. The Balaban J connectivity index is 1.26. The summed E-state index contributed by atoms with van der Waals surface area (Å²) in [7, 11) is 0. The highest BCUT2D eigenvalue weighted by molar-refractivity contribution is 7.99. The molecule has 0 radical (unpaired) electrons. The summed E-state index contributed by atoms with van der Waals surface area (Å²) < 4.78 is 1.85. The fraction of sp³-hybridized carbons (Fsp3) is 0.471. The van der Waals surface area contributed by atoms with E-state index < -0.39 is 0 Å². The van der Waals surface area contributed by atoms with Crippen LogP contribution in [0.3, 0.4) is 0 Å².